The molecule has 1 atom stereocenters. The number of ether oxygens (including phenoxy) is 1. The van der Waals surface area contributed by atoms with Crippen LogP contribution in [0, 0.1) is 5.92 Å². The number of hydrogen-bond donors (Lipinski definition) is 0. The second-order valence-corrected chi connectivity index (χ2v) is 4.41. The van der Waals surface area contributed by atoms with Gasteiger partial charge < -0.3 is 14.5 Å². The van der Waals surface area contributed by atoms with Crippen molar-refractivity contribution in [3.63, 3.8) is 0 Å². The molecule has 16 heavy (non-hydrogen) atoms. The van der Waals surface area contributed by atoms with Gasteiger partial charge in [0.1, 0.15) is 6.54 Å². The summed E-state index contributed by atoms with van der Waals surface area (Å²) < 4.78 is 4.53. The molecule has 5 nitrogen and oxygen atoms in total. The predicted octanol–water partition coefficient (Wildman–Crippen LogP) is 0.941. The number of rotatable bonds is 4. The Morgan fingerprint density at radius 3 is 2.38 bits per heavy atom. The molecule has 1 rings (SSSR count). The molecule has 0 aromatic rings. The normalized spacial score (nSPS) is 16.5. The first kappa shape index (κ1) is 12.8. The number of carbonyl (C=O) groups is 2. The Morgan fingerprint density at radius 2 is 1.94 bits per heavy atom. The summed E-state index contributed by atoms with van der Waals surface area (Å²) in [6.45, 7) is 2.12. The molecule has 5 heteroatoms. The average molecular weight is 228 g/mol. The molecule has 92 valence electrons. The van der Waals surface area contributed by atoms with Gasteiger partial charge in [-0.15, -0.1) is 0 Å². The van der Waals surface area contributed by atoms with E-state index in [0.29, 0.717) is 5.92 Å². The lowest BCUT2D eigenvalue weighted by atomic mass is 10.2. The SMILES string of the molecule is COC(=O)N(C)CC(=O)N(C)[C@H](C)C1CC1. The van der Waals surface area contributed by atoms with Crippen LogP contribution in [0.3, 0.4) is 0 Å². The third-order valence-corrected chi connectivity index (χ3v) is 3.17. The zero-order valence-electron chi connectivity index (χ0n) is 10.4. The maximum Gasteiger partial charge on any atom is 0.409 e. The van der Waals surface area contributed by atoms with Crippen LogP contribution in [0.2, 0.25) is 0 Å². The topological polar surface area (TPSA) is 49.9 Å². The molecule has 0 heterocycles. The van der Waals surface area contributed by atoms with E-state index in [1.165, 1.54) is 24.9 Å². The summed E-state index contributed by atoms with van der Waals surface area (Å²) in [5.41, 5.74) is 0. The fourth-order valence-corrected chi connectivity index (χ4v) is 1.66. The lowest BCUT2D eigenvalue weighted by Crippen LogP contribution is -2.43. The monoisotopic (exact) mass is 228 g/mol. The molecule has 1 fully saturated rings. The minimum Gasteiger partial charge on any atom is -0.453 e. The van der Waals surface area contributed by atoms with E-state index in [9.17, 15) is 9.59 Å². The van der Waals surface area contributed by atoms with E-state index in [-0.39, 0.29) is 18.5 Å². The highest BCUT2D eigenvalue weighted by atomic mass is 16.5. The molecule has 1 aliphatic carbocycles. The molecule has 0 bridgehead atoms. The van der Waals surface area contributed by atoms with Crippen molar-refractivity contribution in [1.29, 1.82) is 0 Å². The van der Waals surface area contributed by atoms with E-state index in [0.717, 1.165) is 0 Å². The fraction of sp³-hybridized carbons (Fsp3) is 0.818. The first-order chi connectivity index (χ1) is 7.47. The summed E-state index contributed by atoms with van der Waals surface area (Å²) in [6, 6.07) is 0.263. The standard InChI is InChI=1S/C11H20N2O3/c1-8(9-5-6-9)13(3)10(14)7-12(2)11(15)16-4/h8-9H,5-7H2,1-4H3/t8-/m1/s1. The molecule has 0 saturated heterocycles. The van der Waals surface area contributed by atoms with Crippen molar-refractivity contribution in [1.82, 2.24) is 9.80 Å². The predicted molar refractivity (Wildman–Crippen MR) is 60.0 cm³/mol. The maximum absolute atomic E-state index is 11.8. The van der Waals surface area contributed by atoms with Crippen LogP contribution in [0.15, 0.2) is 0 Å². The number of hydrogen-bond acceptors (Lipinski definition) is 3. The molecular weight excluding hydrogens is 208 g/mol. The van der Waals surface area contributed by atoms with Crippen LogP contribution in [-0.2, 0) is 9.53 Å². The molecule has 1 saturated carbocycles. The van der Waals surface area contributed by atoms with E-state index in [1.807, 2.05) is 6.92 Å². The Morgan fingerprint density at radius 1 is 1.38 bits per heavy atom. The lowest BCUT2D eigenvalue weighted by molar-refractivity contribution is -0.132. The van der Waals surface area contributed by atoms with Crippen molar-refractivity contribution in [2.24, 2.45) is 5.92 Å². The van der Waals surface area contributed by atoms with Gasteiger partial charge in [0, 0.05) is 20.1 Å². The van der Waals surface area contributed by atoms with Crippen LogP contribution in [0.1, 0.15) is 19.8 Å². The number of likely N-dealkylation sites (N-methyl/N-ethyl adjacent to an activating group) is 2. The molecule has 0 unspecified atom stereocenters. The number of nitrogens with zero attached hydrogens (tertiary/aromatic N) is 2. The minimum absolute atomic E-state index is 0.0488. The zero-order valence-corrected chi connectivity index (χ0v) is 10.4. The maximum atomic E-state index is 11.8. The van der Waals surface area contributed by atoms with Gasteiger partial charge in [-0.25, -0.2) is 4.79 Å². The van der Waals surface area contributed by atoms with Crippen LogP contribution in [0.5, 0.6) is 0 Å². The summed E-state index contributed by atoms with van der Waals surface area (Å²) in [5.74, 6) is 0.588. The van der Waals surface area contributed by atoms with Crippen molar-refractivity contribution in [3.05, 3.63) is 0 Å². The van der Waals surface area contributed by atoms with Crippen LogP contribution >= 0.6 is 0 Å². The molecule has 2 amide bonds. The summed E-state index contributed by atoms with van der Waals surface area (Å²) in [6.07, 6.45) is 1.91. The minimum atomic E-state index is -0.485. The van der Waals surface area contributed by atoms with Gasteiger partial charge in [-0.1, -0.05) is 0 Å². The van der Waals surface area contributed by atoms with Gasteiger partial charge in [-0.2, -0.15) is 0 Å². The Hall–Kier alpha value is -1.26. The number of amides is 2. The van der Waals surface area contributed by atoms with E-state index >= 15 is 0 Å². The van der Waals surface area contributed by atoms with Crippen LogP contribution in [0.4, 0.5) is 4.79 Å². The van der Waals surface area contributed by atoms with E-state index in [1.54, 1.807) is 19.0 Å². The summed E-state index contributed by atoms with van der Waals surface area (Å²) in [7, 11) is 4.65. The van der Waals surface area contributed by atoms with Crippen LogP contribution < -0.4 is 0 Å². The van der Waals surface area contributed by atoms with Crippen molar-refractivity contribution in [3.8, 4) is 0 Å². The van der Waals surface area contributed by atoms with Gasteiger partial charge in [0.15, 0.2) is 0 Å². The molecular formula is C11H20N2O3. The molecule has 0 spiro atoms. The number of methoxy groups -OCH3 is 1. The van der Waals surface area contributed by atoms with Gasteiger partial charge in [-0.05, 0) is 25.7 Å². The first-order valence-corrected chi connectivity index (χ1v) is 5.52. The van der Waals surface area contributed by atoms with Gasteiger partial charge in [0.25, 0.3) is 0 Å². The highest BCUT2D eigenvalue weighted by Crippen LogP contribution is 2.34. The van der Waals surface area contributed by atoms with Gasteiger partial charge in [0.2, 0.25) is 5.91 Å². The second-order valence-electron chi connectivity index (χ2n) is 4.41. The molecule has 0 aromatic carbocycles. The molecule has 1 aliphatic rings. The highest BCUT2D eigenvalue weighted by Gasteiger charge is 2.32. The van der Waals surface area contributed by atoms with E-state index in [2.05, 4.69) is 4.74 Å². The molecule has 0 aromatic heterocycles. The van der Waals surface area contributed by atoms with Gasteiger partial charge in [0.05, 0.1) is 7.11 Å². The van der Waals surface area contributed by atoms with E-state index in [4.69, 9.17) is 0 Å². The van der Waals surface area contributed by atoms with Gasteiger partial charge >= 0.3 is 6.09 Å². The third kappa shape index (κ3) is 3.12. The van der Waals surface area contributed by atoms with Crippen LogP contribution in [-0.4, -0.2) is 55.6 Å². The molecule has 0 N–H and O–H groups in total. The smallest absolute Gasteiger partial charge is 0.409 e. The van der Waals surface area contributed by atoms with Crippen molar-refractivity contribution in [2.75, 3.05) is 27.7 Å². The Kier molecular flexibility index (Phi) is 4.15. The Bertz CT molecular complexity index is 276. The summed E-state index contributed by atoms with van der Waals surface area (Å²) in [4.78, 5) is 25.9. The molecule has 0 radical (unpaired) electrons. The summed E-state index contributed by atoms with van der Waals surface area (Å²) >= 11 is 0. The van der Waals surface area contributed by atoms with E-state index < -0.39 is 6.09 Å². The quantitative estimate of drug-likeness (QED) is 0.719. The average Bonchev–Trinajstić information content (AvgIpc) is 3.09. The molecule has 0 aliphatic heterocycles. The second kappa shape index (κ2) is 5.18. The van der Waals surface area contributed by atoms with Crippen molar-refractivity contribution >= 4 is 12.0 Å². The largest absolute Gasteiger partial charge is 0.453 e. The Balaban J connectivity index is 2.41. The van der Waals surface area contributed by atoms with Crippen molar-refractivity contribution in [2.45, 2.75) is 25.8 Å². The van der Waals surface area contributed by atoms with Crippen LogP contribution in [0.25, 0.3) is 0 Å². The zero-order chi connectivity index (χ0) is 12.3. The fourth-order valence-electron chi connectivity index (χ4n) is 1.66. The first-order valence-electron chi connectivity index (χ1n) is 5.52. The third-order valence-electron chi connectivity index (χ3n) is 3.17. The van der Waals surface area contributed by atoms with Gasteiger partial charge in [-0.3, -0.25) is 4.79 Å². The summed E-state index contributed by atoms with van der Waals surface area (Å²) in [5, 5.41) is 0. The Labute approximate surface area is 96.3 Å². The number of carbonyl (C=O) groups excluding carboxylic acids is 2. The lowest BCUT2D eigenvalue weighted by Gasteiger charge is -2.26. The highest BCUT2D eigenvalue weighted by molar-refractivity contribution is 5.82. The van der Waals surface area contributed by atoms with Crippen molar-refractivity contribution < 1.29 is 14.3 Å².